The Kier molecular flexibility index (Phi) is 5.17. The molecular formula is C16H15FN2O2. The van der Waals surface area contributed by atoms with Crippen molar-refractivity contribution in [3.8, 4) is 0 Å². The van der Waals surface area contributed by atoms with Crippen molar-refractivity contribution in [2.75, 3.05) is 7.11 Å². The highest BCUT2D eigenvalue weighted by molar-refractivity contribution is 5.85. The monoisotopic (exact) mass is 286 g/mol. The summed E-state index contributed by atoms with van der Waals surface area (Å²) in [6, 6.07) is 14.9. The average molecular weight is 286 g/mol. The number of hydrogen-bond donors (Lipinski definition) is 1. The number of hydrazone groups is 1. The molecule has 0 spiro atoms. The molecule has 0 aliphatic carbocycles. The summed E-state index contributed by atoms with van der Waals surface area (Å²) in [4.78, 5) is 12.0. The van der Waals surface area contributed by atoms with Gasteiger partial charge in [-0.05, 0) is 23.3 Å². The van der Waals surface area contributed by atoms with Gasteiger partial charge in [0.2, 0.25) is 0 Å². The van der Waals surface area contributed by atoms with Crippen molar-refractivity contribution in [2.45, 2.75) is 6.10 Å². The molecule has 2 aromatic rings. The van der Waals surface area contributed by atoms with E-state index in [1.165, 1.54) is 25.5 Å². The molecule has 0 aromatic heterocycles. The third kappa shape index (κ3) is 4.22. The molecule has 0 heterocycles. The molecule has 0 saturated carbocycles. The minimum Gasteiger partial charge on any atom is -0.367 e. The molecule has 0 aliphatic rings. The molecule has 1 N–H and O–H groups in total. The maximum atomic E-state index is 12.7. The molecule has 0 aliphatic heterocycles. The lowest BCUT2D eigenvalue weighted by Crippen LogP contribution is -2.26. The van der Waals surface area contributed by atoms with Crippen LogP contribution in [0.5, 0.6) is 0 Å². The minimum atomic E-state index is -0.725. The van der Waals surface area contributed by atoms with Gasteiger partial charge in [-0.3, -0.25) is 4.79 Å². The smallest absolute Gasteiger partial charge is 0.273 e. The number of carbonyl (C=O) groups excluding carboxylic acids is 1. The fourth-order valence-electron chi connectivity index (χ4n) is 1.80. The number of nitrogens with zero attached hydrogens (tertiary/aromatic N) is 1. The van der Waals surface area contributed by atoms with E-state index in [9.17, 15) is 9.18 Å². The maximum absolute atomic E-state index is 12.7. The Morgan fingerprint density at radius 2 is 1.86 bits per heavy atom. The third-order valence-electron chi connectivity index (χ3n) is 2.83. The van der Waals surface area contributed by atoms with E-state index in [2.05, 4.69) is 10.5 Å². The van der Waals surface area contributed by atoms with E-state index in [-0.39, 0.29) is 11.7 Å². The lowest BCUT2D eigenvalue weighted by molar-refractivity contribution is -0.131. The van der Waals surface area contributed by atoms with E-state index in [0.29, 0.717) is 5.56 Å². The second-order valence-corrected chi connectivity index (χ2v) is 4.31. The second-order valence-electron chi connectivity index (χ2n) is 4.31. The second kappa shape index (κ2) is 7.31. The third-order valence-corrected chi connectivity index (χ3v) is 2.83. The zero-order chi connectivity index (χ0) is 15.1. The number of hydrogen-bond acceptors (Lipinski definition) is 3. The van der Waals surface area contributed by atoms with E-state index in [1.807, 2.05) is 18.2 Å². The number of benzene rings is 2. The Bertz CT molecular complexity index is 612. The van der Waals surface area contributed by atoms with Gasteiger partial charge in [0.15, 0.2) is 6.10 Å². The van der Waals surface area contributed by atoms with Crippen LogP contribution in [0.15, 0.2) is 59.7 Å². The number of ether oxygens (including phenoxy) is 1. The highest BCUT2D eigenvalue weighted by Gasteiger charge is 2.18. The Balaban J connectivity index is 1.98. The molecule has 21 heavy (non-hydrogen) atoms. The van der Waals surface area contributed by atoms with Gasteiger partial charge < -0.3 is 4.74 Å². The molecule has 1 amide bonds. The molecule has 108 valence electrons. The first-order valence-electron chi connectivity index (χ1n) is 6.37. The molecule has 0 unspecified atom stereocenters. The van der Waals surface area contributed by atoms with Crippen LogP contribution in [0.2, 0.25) is 0 Å². The number of amides is 1. The van der Waals surface area contributed by atoms with Gasteiger partial charge in [-0.25, -0.2) is 9.82 Å². The van der Waals surface area contributed by atoms with Gasteiger partial charge in [0.05, 0.1) is 6.21 Å². The summed E-state index contributed by atoms with van der Waals surface area (Å²) < 4.78 is 17.9. The van der Waals surface area contributed by atoms with Crippen molar-refractivity contribution in [1.29, 1.82) is 0 Å². The number of carbonyl (C=O) groups is 1. The Labute approximate surface area is 122 Å². The normalized spacial score (nSPS) is 12.3. The van der Waals surface area contributed by atoms with E-state index in [1.54, 1.807) is 24.3 Å². The predicted molar refractivity (Wildman–Crippen MR) is 78.3 cm³/mol. The molecule has 4 nitrogen and oxygen atoms in total. The Morgan fingerprint density at radius 3 is 2.48 bits per heavy atom. The highest BCUT2D eigenvalue weighted by atomic mass is 19.1. The van der Waals surface area contributed by atoms with Crippen LogP contribution in [-0.4, -0.2) is 19.2 Å². The van der Waals surface area contributed by atoms with Crippen molar-refractivity contribution in [1.82, 2.24) is 5.43 Å². The van der Waals surface area contributed by atoms with Gasteiger partial charge in [0, 0.05) is 7.11 Å². The average Bonchev–Trinajstić information content (AvgIpc) is 2.51. The van der Waals surface area contributed by atoms with Crippen LogP contribution in [0.3, 0.4) is 0 Å². The van der Waals surface area contributed by atoms with Crippen LogP contribution in [-0.2, 0) is 9.53 Å². The summed E-state index contributed by atoms with van der Waals surface area (Å²) in [5, 5.41) is 3.84. The predicted octanol–water partition coefficient (Wildman–Crippen LogP) is 2.66. The zero-order valence-corrected chi connectivity index (χ0v) is 11.5. The van der Waals surface area contributed by atoms with Gasteiger partial charge in [-0.15, -0.1) is 0 Å². The quantitative estimate of drug-likeness (QED) is 0.678. The molecule has 2 aromatic carbocycles. The summed E-state index contributed by atoms with van der Waals surface area (Å²) in [5.41, 5.74) is 3.84. The van der Waals surface area contributed by atoms with Crippen LogP contribution in [0.1, 0.15) is 17.2 Å². The lowest BCUT2D eigenvalue weighted by Gasteiger charge is -2.13. The molecular weight excluding hydrogens is 271 g/mol. The molecule has 0 radical (unpaired) electrons. The van der Waals surface area contributed by atoms with Crippen molar-refractivity contribution in [3.05, 3.63) is 71.5 Å². The van der Waals surface area contributed by atoms with Gasteiger partial charge in [-0.1, -0.05) is 42.5 Å². The molecule has 0 bridgehead atoms. The molecule has 5 heteroatoms. The van der Waals surface area contributed by atoms with Gasteiger partial charge in [0.1, 0.15) is 5.82 Å². The number of rotatable bonds is 5. The minimum absolute atomic E-state index is 0.320. The van der Waals surface area contributed by atoms with Crippen LogP contribution in [0, 0.1) is 5.82 Å². The van der Waals surface area contributed by atoms with Crippen molar-refractivity contribution in [3.63, 3.8) is 0 Å². The topological polar surface area (TPSA) is 50.7 Å². The summed E-state index contributed by atoms with van der Waals surface area (Å²) in [6.45, 7) is 0. The standard InChI is InChI=1S/C16H15FN2O2/c1-21-15(13-5-3-2-4-6-13)16(20)19-18-11-12-7-9-14(17)10-8-12/h2-11,15H,1H3,(H,19,20)/b18-11-/t15-/m1/s1. The Hall–Kier alpha value is -2.53. The maximum Gasteiger partial charge on any atom is 0.273 e. The number of nitrogens with one attached hydrogen (secondary N) is 1. The van der Waals surface area contributed by atoms with Crippen LogP contribution in [0.4, 0.5) is 4.39 Å². The van der Waals surface area contributed by atoms with Crippen molar-refractivity contribution >= 4 is 12.1 Å². The van der Waals surface area contributed by atoms with E-state index < -0.39 is 6.10 Å². The summed E-state index contributed by atoms with van der Waals surface area (Å²) in [6.07, 6.45) is 0.714. The fraction of sp³-hybridized carbons (Fsp3) is 0.125. The van der Waals surface area contributed by atoms with Gasteiger partial charge in [-0.2, -0.15) is 5.10 Å². The molecule has 0 saturated heterocycles. The lowest BCUT2D eigenvalue weighted by atomic mass is 10.1. The summed E-state index contributed by atoms with van der Waals surface area (Å²) >= 11 is 0. The summed E-state index contributed by atoms with van der Waals surface area (Å²) in [5.74, 6) is -0.693. The first kappa shape index (κ1) is 14.9. The molecule has 0 fully saturated rings. The molecule has 1 atom stereocenters. The van der Waals surface area contributed by atoms with Crippen LogP contribution >= 0.6 is 0 Å². The van der Waals surface area contributed by atoms with E-state index >= 15 is 0 Å². The fourth-order valence-corrected chi connectivity index (χ4v) is 1.80. The first-order valence-corrected chi connectivity index (χ1v) is 6.37. The summed E-state index contributed by atoms with van der Waals surface area (Å²) in [7, 11) is 1.46. The van der Waals surface area contributed by atoms with Gasteiger partial charge in [0.25, 0.3) is 5.91 Å². The first-order chi connectivity index (χ1) is 10.2. The highest BCUT2D eigenvalue weighted by Crippen LogP contribution is 2.15. The van der Waals surface area contributed by atoms with Crippen LogP contribution < -0.4 is 5.43 Å². The number of methoxy groups -OCH3 is 1. The van der Waals surface area contributed by atoms with Gasteiger partial charge >= 0.3 is 0 Å². The largest absolute Gasteiger partial charge is 0.367 e. The SMILES string of the molecule is CO[C@@H](C(=O)N/N=C\c1ccc(F)cc1)c1ccccc1. The van der Waals surface area contributed by atoms with E-state index in [4.69, 9.17) is 4.74 Å². The Morgan fingerprint density at radius 1 is 1.19 bits per heavy atom. The van der Waals surface area contributed by atoms with E-state index in [0.717, 1.165) is 5.56 Å². The number of halogens is 1. The van der Waals surface area contributed by atoms with Crippen LogP contribution in [0.25, 0.3) is 0 Å². The van der Waals surface area contributed by atoms with Crippen molar-refractivity contribution in [2.24, 2.45) is 5.10 Å². The van der Waals surface area contributed by atoms with Crippen molar-refractivity contribution < 1.29 is 13.9 Å². The zero-order valence-electron chi connectivity index (χ0n) is 11.5. The molecule has 2 rings (SSSR count).